The van der Waals surface area contributed by atoms with Crippen molar-refractivity contribution in [2.75, 3.05) is 20.3 Å². The normalized spacial score (nSPS) is 18.6. The molecular weight excluding hydrogens is 202 g/mol. The number of rotatable bonds is 7. The molecular formula is C13H27NO2. The van der Waals surface area contributed by atoms with Gasteiger partial charge in [-0.3, -0.25) is 4.84 Å². The quantitative estimate of drug-likeness (QED) is 0.495. The molecule has 0 N–H and O–H groups in total. The molecule has 0 aromatic heterocycles. The fourth-order valence-corrected chi connectivity index (χ4v) is 2.38. The van der Waals surface area contributed by atoms with E-state index in [4.69, 9.17) is 9.57 Å². The highest BCUT2D eigenvalue weighted by molar-refractivity contribution is 4.73. The Kier molecular flexibility index (Phi) is 7.01. The third kappa shape index (κ3) is 4.81. The molecule has 0 unspecified atom stereocenters. The summed E-state index contributed by atoms with van der Waals surface area (Å²) in [5, 5.41) is 2.22. The SMILES string of the molecule is COCCCON(C(C)C)C1CCCCC1. The zero-order valence-corrected chi connectivity index (χ0v) is 11.1. The summed E-state index contributed by atoms with van der Waals surface area (Å²) in [6, 6.07) is 1.11. The van der Waals surface area contributed by atoms with Crippen molar-refractivity contribution in [3.05, 3.63) is 0 Å². The van der Waals surface area contributed by atoms with Crippen molar-refractivity contribution in [2.45, 2.75) is 64.5 Å². The van der Waals surface area contributed by atoms with Crippen LogP contribution in [0.2, 0.25) is 0 Å². The largest absolute Gasteiger partial charge is 0.385 e. The third-order valence-electron chi connectivity index (χ3n) is 3.18. The summed E-state index contributed by atoms with van der Waals surface area (Å²) in [7, 11) is 1.74. The van der Waals surface area contributed by atoms with E-state index in [0.29, 0.717) is 12.1 Å². The first-order valence-electron chi connectivity index (χ1n) is 6.66. The first-order valence-corrected chi connectivity index (χ1v) is 6.66. The second-order valence-electron chi connectivity index (χ2n) is 4.93. The lowest BCUT2D eigenvalue weighted by molar-refractivity contribution is -0.213. The minimum atomic E-state index is 0.477. The maximum absolute atomic E-state index is 5.90. The average Bonchev–Trinajstić information content (AvgIpc) is 2.30. The van der Waals surface area contributed by atoms with E-state index < -0.39 is 0 Å². The zero-order valence-electron chi connectivity index (χ0n) is 11.1. The molecule has 1 rings (SSSR count). The van der Waals surface area contributed by atoms with Gasteiger partial charge in [0, 0.05) is 25.8 Å². The Morgan fingerprint density at radius 2 is 1.81 bits per heavy atom. The summed E-state index contributed by atoms with van der Waals surface area (Å²) in [4.78, 5) is 5.90. The lowest BCUT2D eigenvalue weighted by Gasteiger charge is -2.36. The fourth-order valence-electron chi connectivity index (χ4n) is 2.38. The lowest BCUT2D eigenvalue weighted by Crippen LogP contribution is -2.41. The molecule has 0 amide bonds. The van der Waals surface area contributed by atoms with Gasteiger partial charge in [-0.05, 0) is 33.1 Å². The topological polar surface area (TPSA) is 21.7 Å². The van der Waals surface area contributed by atoms with Crippen molar-refractivity contribution >= 4 is 0 Å². The second-order valence-corrected chi connectivity index (χ2v) is 4.93. The number of nitrogens with zero attached hydrogens (tertiary/aromatic N) is 1. The van der Waals surface area contributed by atoms with Gasteiger partial charge >= 0.3 is 0 Å². The second kappa shape index (κ2) is 8.04. The van der Waals surface area contributed by atoms with Crippen LogP contribution in [-0.4, -0.2) is 37.5 Å². The predicted octanol–water partition coefficient (Wildman–Crippen LogP) is 3.00. The van der Waals surface area contributed by atoms with Gasteiger partial charge in [0.25, 0.3) is 0 Å². The number of hydroxylamine groups is 2. The van der Waals surface area contributed by atoms with Gasteiger partial charge in [0.1, 0.15) is 0 Å². The molecule has 0 aliphatic heterocycles. The number of hydrogen-bond acceptors (Lipinski definition) is 3. The molecule has 1 aliphatic rings. The van der Waals surface area contributed by atoms with Crippen LogP contribution >= 0.6 is 0 Å². The van der Waals surface area contributed by atoms with Gasteiger partial charge in [-0.1, -0.05) is 19.3 Å². The van der Waals surface area contributed by atoms with Crippen molar-refractivity contribution in [3.63, 3.8) is 0 Å². The smallest absolute Gasteiger partial charge is 0.0707 e. The molecule has 0 bridgehead atoms. The van der Waals surface area contributed by atoms with Gasteiger partial charge < -0.3 is 4.74 Å². The minimum Gasteiger partial charge on any atom is -0.385 e. The molecule has 96 valence electrons. The number of hydrogen-bond donors (Lipinski definition) is 0. The third-order valence-corrected chi connectivity index (χ3v) is 3.18. The van der Waals surface area contributed by atoms with E-state index in [0.717, 1.165) is 19.6 Å². The van der Waals surface area contributed by atoms with Crippen LogP contribution in [0.15, 0.2) is 0 Å². The molecule has 1 fully saturated rings. The molecule has 0 saturated heterocycles. The van der Waals surface area contributed by atoms with Crippen LogP contribution in [0.25, 0.3) is 0 Å². The van der Waals surface area contributed by atoms with E-state index in [9.17, 15) is 0 Å². The van der Waals surface area contributed by atoms with Gasteiger partial charge in [-0.2, -0.15) is 5.06 Å². The summed E-state index contributed by atoms with van der Waals surface area (Å²) < 4.78 is 5.03. The molecule has 3 nitrogen and oxygen atoms in total. The van der Waals surface area contributed by atoms with E-state index >= 15 is 0 Å². The van der Waals surface area contributed by atoms with E-state index in [-0.39, 0.29) is 0 Å². The Bertz CT molecular complexity index is 167. The van der Waals surface area contributed by atoms with Gasteiger partial charge in [0.05, 0.1) is 6.61 Å². The van der Waals surface area contributed by atoms with Crippen molar-refractivity contribution in [2.24, 2.45) is 0 Å². The Morgan fingerprint density at radius 1 is 1.12 bits per heavy atom. The van der Waals surface area contributed by atoms with Crippen molar-refractivity contribution in [3.8, 4) is 0 Å². The molecule has 0 aromatic rings. The van der Waals surface area contributed by atoms with Crippen LogP contribution in [0.4, 0.5) is 0 Å². The minimum absolute atomic E-state index is 0.477. The molecule has 1 aliphatic carbocycles. The monoisotopic (exact) mass is 229 g/mol. The van der Waals surface area contributed by atoms with Crippen molar-refractivity contribution < 1.29 is 9.57 Å². The summed E-state index contributed by atoms with van der Waals surface area (Å²) in [6.45, 7) is 6.00. The molecule has 1 saturated carbocycles. The van der Waals surface area contributed by atoms with Crippen LogP contribution < -0.4 is 0 Å². The molecule has 16 heavy (non-hydrogen) atoms. The van der Waals surface area contributed by atoms with Crippen molar-refractivity contribution in [1.29, 1.82) is 0 Å². The van der Waals surface area contributed by atoms with Crippen LogP contribution in [0.3, 0.4) is 0 Å². The van der Waals surface area contributed by atoms with Gasteiger partial charge in [-0.25, -0.2) is 0 Å². The highest BCUT2D eigenvalue weighted by Gasteiger charge is 2.23. The summed E-state index contributed by atoms with van der Waals surface area (Å²) in [5.41, 5.74) is 0. The van der Waals surface area contributed by atoms with Crippen molar-refractivity contribution in [1.82, 2.24) is 5.06 Å². The molecule has 0 atom stereocenters. The molecule has 0 aromatic carbocycles. The molecule has 0 heterocycles. The van der Waals surface area contributed by atoms with Crippen LogP contribution in [0.1, 0.15) is 52.4 Å². The fraction of sp³-hybridized carbons (Fsp3) is 1.00. The highest BCUT2D eigenvalue weighted by Crippen LogP contribution is 2.24. The van der Waals surface area contributed by atoms with Gasteiger partial charge in [0.2, 0.25) is 0 Å². The maximum Gasteiger partial charge on any atom is 0.0707 e. The molecule has 0 spiro atoms. The maximum atomic E-state index is 5.90. The zero-order chi connectivity index (χ0) is 11.8. The standard InChI is InChI=1S/C13H27NO2/c1-12(2)14(16-11-7-10-15-3)13-8-5-4-6-9-13/h12-13H,4-11H2,1-3H3. The van der Waals surface area contributed by atoms with Crippen LogP contribution in [0.5, 0.6) is 0 Å². The van der Waals surface area contributed by atoms with E-state index in [2.05, 4.69) is 18.9 Å². The highest BCUT2D eigenvalue weighted by atomic mass is 16.7. The Hall–Kier alpha value is -0.120. The van der Waals surface area contributed by atoms with Gasteiger partial charge in [-0.15, -0.1) is 0 Å². The Balaban J connectivity index is 2.28. The molecule has 0 radical (unpaired) electrons. The first-order chi connectivity index (χ1) is 7.75. The summed E-state index contributed by atoms with van der Waals surface area (Å²) in [5.74, 6) is 0. The lowest BCUT2D eigenvalue weighted by atomic mass is 9.95. The number of ether oxygens (including phenoxy) is 1. The molecule has 3 heteroatoms. The van der Waals surface area contributed by atoms with Crippen LogP contribution in [-0.2, 0) is 9.57 Å². The summed E-state index contributed by atoms with van der Waals surface area (Å²) >= 11 is 0. The number of methoxy groups -OCH3 is 1. The summed E-state index contributed by atoms with van der Waals surface area (Å²) in [6.07, 6.45) is 7.67. The van der Waals surface area contributed by atoms with E-state index in [1.165, 1.54) is 32.1 Å². The van der Waals surface area contributed by atoms with Gasteiger partial charge in [0.15, 0.2) is 0 Å². The first kappa shape index (κ1) is 13.9. The Labute approximate surface area is 100 Å². The average molecular weight is 229 g/mol. The van der Waals surface area contributed by atoms with Crippen LogP contribution in [0, 0.1) is 0 Å². The Morgan fingerprint density at radius 3 is 2.38 bits per heavy atom. The van der Waals surface area contributed by atoms with E-state index in [1.54, 1.807) is 7.11 Å². The van der Waals surface area contributed by atoms with E-state index in [1.807, 2.05) is 0 Å². The predicted molar refractivity (Wildman–Crippen MR) is 66.3 cm³/mol.